The van der Waals surface area contributed by atoms with Crippen LogP contribution in [0.2, 0.25) is 0 Å². The van der Waals surface area contributed by atoms with Gasteiger partial charge in [-0.3, -0.25) is 19.2 Å². The molecule has 1 aromatic heterocycles. The number of carbonyl (C=O) groups excluding carboxylic acids is 3. The highest BCUT2D eigenvalue weighted by Crippen LogP contribution is 2.39. The highest BCUT2D eigenvalue weighted by molar-refractivity contribution is 7.17. The van der Waals surface area contributed by atoms with Crippen molar-refractivity contribution in [3.05, 3.63) is 117 Å². The van der Waals surface area contributed by atoms with E-state index in [4.69, 9.17) is 5.11 Å². The van der Waals surface area contributed by atoms with Gasteiger partial charge in [-0.25, -0.2) is 4.79 Å². The number of aliphatic carboxylic acids is 1. The summed E-state index contributed by atoms with van der Waals surface area (Å²) in [5.74, 6) is -2.58. The number of thiophene rings is 1. The fraction of sp³-hybridized carbons (Fsp3) is 0.357. The first-order chi connectivity index (χ1) is 25.4. The first-order valence-electron chi connectivity index (χ1n) is 18.2. The van der Waals surface area contributed by atoms with Crippen molar-refractivity contribution in [2.45, 2.75) is 90.6 Å². The molecule has 3 amide bonds. The molecule has 1 fully saturated rings. The molecule has 2 aliphatic rings. The molecule has 11 heteroatoms. The Bertz CT molecular complexity index is 2010. The molecule has 10 nitrogen and oxygen atoms in total. The third kappa shape index (κ3) is 9.39. The summed E-state index contributed by atoms with van der Waals surface area (Å²) in [4.78, 5) is 66.4. The van der Waals surface area contributed by atoms with E-state index >= 15 is 0 Å². The second-order valence-electron chi connectivity index (χ2n) is 14.7. The van der Waals surface area contributed by atoms with Crippen LogP contribution in [0.4, 0.5) is 10.7 Å². The van der Waals surface area contributed by atoms with Gasteiger partial charge < -0.3 is 25.7 Å². The third-order valence-corrected chi connectivity index (χ3v) is 11.3. The standard InChI is InChI=1S/C42H45N3O7S/c1-42(2,41(51)52)23-22-35(46)45(32-20-21-32)25-28-6-5-7-30(24-28)37(47)44-39-36(33-8-3-4-9-34(33)53-39)38(48)43-31-18-14-27(15-19-31)11-10-26-12-16-29(17-13-26)40(49)50/h5-7,12-19,24,32H,3-4,8-11,20-23,25H2,1-2H3,(H,43,48)(H,44,47)(H,49,50)(H,51,52). The van der Waals surface area contributed by atoms with E-state index in [0.29, 0.717) is 28.4 Å². The molecule has 0 unspecified atom stereocenters. The lowest BCUT2D eigenvalue weighted by molar-refractivity contribution is -0.147. The van der Waals surface area contributed by atoms with E-state index in [-0.39, 0.29) is 42.2 Å². The predicted octanol–water partition coefficient (Wildman–Crippen LogP) is 8.00. The average Bonchev–Trinajstić information content (AvgIpc) is 3.92. The zero-order valence-corrected chi connectivity index (χ0v) is 30.9. The lowest BCUT2D eigenvalue weighted by Crippen LogP contribution is -2.34. The summed E-state index contributed by atoms with van der Waals surface area (Å²) in [7, 11) is 0. The van der Waals surface area contributed by atoms with Crippen molar-refractivity contribution < 1.29 is 34.2 Å². The monoisotopic (exact) mass is 735 g/mol. The lowest BCUT2D eigenvalue weighted by atomic mass is 9.88. The molecule has 6 rings (SSSR count). The van der Waals surface area contributed by atoms with E-state index in [1.165, 1.54) is 11.3 Å². The minimum Gasteiger partial charge on any atom is -0.481 e. The second-order valence-corrected chi connectivity index (χ2v) is 15.8. The summed E-state index contributed by atoms with van der Waals surface area (Å²) in [5, 5.41) is 25.2. The van der Waals surface area contributed by atoms with E-state index in [1.54, 1.807) is 49.1 Å². The summed E-state index contributed by atoms with van der Waals surface area (Å²) < 4.78 is 0. The molecule has 0 radical (unpaired) electrons. The predicted molar refractivity (Wildman–Crippen MR) is 205 cm³/mol. The second kappa shape index (κ2) is 16.2. The van der Waals surface area contributed by atoms with Crippen LogP contribution in [0.1, 0.15) is 111 Å². The van der Waals surface area contributed by atoms with Crippen molar-refractivity contribution in [3.63, 3.8) is 0 Å². The summed E-state index contributed by atoms with van der Waals surface area (Å²) in [6.45, 7) is 3.58. The van der Waals surface area contributed by atoms with Crippen LogP contribution in [0.5, 0.6) is 0 Å². The molecule has 0 bridgehead atoms. The Kier molecular flexibility index (Phi) is 11.4. The number of carboxylic acid groups (broad SMARTS) is 2. The van der Waals surface area contributed by atoms with Crippen molar-refractivity contribution in [1.82, 2.24) is 4.90 Å². The molecule has 276 valence electrons. The van der Waals surface area contributed by atoms with Crippen molar-refractivity contribution in [2.75, 3.05) is 10.6 Å². The zero-order valence-electron chi connectivity index (χ0n) is 30.1. The van der Waals surface area contributed by atoms with Gasteiger partial charge in [-0.2, -0.15) is 0 Å². The molecule has 0 atom stereocenters. The van der Waals surface area contributed by atoms with Gasteiger partial charge in [-0.1, -0.05) is 36.4 Å². The number of fused-ring (bicyclic) bond motifs is 1. The zero-order chi connectivity index (χ0) is 37.7. The maximum absolute atomic E-state index is 13.9. The van der Waals surface area contributed by atoms with Crippen LogP contribution in [0, 0.1) is 5.41 Å². The number of aromatic carboxylic acids is 1. The van der Waals surface area contributed by atoms with Gasteiger partial charge in [0.1, 0.15) is 5.00 Å². The first-order valence-corrected chi connectivity index (χ1v) is 19.0. The number of benzene rings is 3. The number of carbonyl (C=O) groups is 5. The van der Waals surface area contributed by atoms with Gasteiger partial charge in [0, 0.05) is 35.1 Å². The van der Waals surface area contributed by atoms with Crippen LogP contribution in [0.25, 0.3) is 0 Å². The fourth-order valence-electron chi connectivity index (χ4n) is 6.61. The number of hydrogen-bond donors (Lipinski definition) is 4. The average molecular weight is 736 g/mol. The van der Waals surface area contributed by atoms with E-state index < -0.39 is 17.4 Å². The van der Waals surface area contributed by atoms with Crippen LogP contribution in [0.15, 0.2) is 72.8 Å². The molecule has 0 spiro atoms. The Morgan fingerprint density at radius 2 is 1.45 bits per heavy atom. The van der Waals surface area contributed by atoms with Crippen LogP contribution in [-0.2, 0) is 41.8 Å². The molecular weight excluding hydrogens is 691 g/mol. The molecule has 0 aliphatic heterocycles. The Balaban J connectivity index is 1.11. The number of amides is 3. The topological polar surface area (TPSA) is 153 Å². The van der Waals surface area contributed by atoms with E-state index in [1.807, 2.05) is 42.5 Å². The van der Waals surface area contributed by atoms with Gasteiger partial charge in [0.15, 0.2) is 0 Å². The van der Waals surface area contributed by atoms with Crippen molar-refractivity contribution in [1.29, 1.82) is 0 Å². The fourth-order valence-corrected chi connectivity index (χ4v) is 7.89. The molecule has 4 aromatic rings. The van der Waals surface area contributed by atoms with Gasteiger partial charge in [0.05, 0.1) is 16.5 Å². The number of hydrogen-bond acceptors (Lipinski definition) is 6. The molecule has 4 N–H and O–H groups in total. The van der Waals surface area contributed by atoms with E-state index in [0.717, 1.165) is 78.5 Å². The maximum atomic E-state index is 13.9. The Morgan fingerprint density at radius 3 is 2.09 bits per heavy atom. The molecule has 1 saturated carbocycles. The Hall–Kier alpha value is -5.29. The van der Waals surface area contributed by atoms with Crippen LogP contribution in [-0.4, -0.2) is 50.8 Å². The Labute approximate surface area is 313 Å². The maximum Gasteiger partial charge on any atom is 0.335 e. The molecular formula is C42H45N3O7S. The minimum absolute atomic E-state index is 0.0871. The van der Waals surface area contributed by atoms with E-state index in [9.17, 15) is 29.1 Å². The number of rotatable bonds is 15. The highest BCUT2D eigenvalue weighted by atomic mass is 32.1. The van der Waals surface area contributed by atoms with Crippen molar-refractivity contribution in [3.8, 4) is 0 Å². The first kappa shape index (κ1) is 37.5. The molecule has 2 aliphatic carbocycles. The quantitative estimate of drug-likeness (QED) is 0.0965. The summed E-state index contributed by atoms with van der Waals surface area (Å²) >= 11 is 1.45. The number of nitrogens with zero attached hydrogens (tertiary/aromatic N) is 1. The van der Waals surface area contributed by atoms with Gasteiger partial charge in [0.2, 0.25) is 5.91 Å². The van der Waals surface area contributed by atoms with Crippen LogP contribution < -0.4 is 10.6 Å². The highest BCUT2D eigenvalue weighted by Gasteiger charge is 2.35. The van der Waals surface area contributed by atoms with Crippen molar-refractivity contribution in [2.24, 2.45) is 5.41 Å². The largest absolute Gasteiger partial charge is 0.481 e. The number of carboxylic acids is 2. The number of nitrogens with one attached hydrogen (secondary N) is 2. The molecule has 3 aromatic carbocycles. The molecule has 53 heavy (non-hydrogen) atoms. The van der Waals surface area contributed by atoms with Gasteiger partial charge in [0.25, 0.3) is 11.8 Å². The number of anilines is 2. The summed E-state index contributed by atoms with van der Waals surface area (Å²) in [5.41, 5.74) is 4.74. The van der Waals surface area contributed by atoms with Gasteiger partial charge in [-0.15, -0.1) is 11.3 Å². The third-order valence-electron chi connectivity index (χ3n) is 10.1. The molecule has 0 saturated heterocycles. The van der Waals surface area contributed by atoms with Crippen molar-refractivity contribution >= 4 is 51.7 Å². The Morgan fingerprint density at radius 1 is 0.792 bits per heavy atom. The number of aryl methyl sites for hydroxylation is 3. The smallest absolute Gasteiger partial charge is 0.335 e. The van der Waals surface area contributed by atoms with Crippen LogP contribution >= 0.6 is 11.3 Å². The minimum atomic E-state index is -0.994. The lowest BCUT2D eigenvalue weighted by Gasteiger charge is -2.25. The normalized spacial score (nSPS) is 13.8. The summed E-state index contributed by atoms with van der Waals surface area (Å²) in [6, 6.07) is 21.8. The van der Waals surface area contributed by atoms with Gasteiger partial charge in [-0.05, 0) is 130 Å². The van der Waals surface area contributed by atoms with Crippen LogP contribution in [0.3, 0.4) is 0 Å². The van der Waals surface area contributed by atoms with E-state index in [2.05, 4.69) is 10.6 Å². The molecule has 1 heterocycles. The summed E-state index contributed by atoms with van der Waals surface area (Å²) in [6.07, 6.45) is 7.31. The SMILES string of the molecule is CC(C)(CCC(=O)N(Cc1cccc(C(=O)Nc2sc3c(c2C(=O)Nc2ccc(CCc4ccc(C(=O)O)cc4)cc2)CCCC3)c1)C1CC1)C(=O)O. The van der Waals surface area contributed by atoms with Gasteiger partial charge >= 0.3 is 11.9 Å².